The molecule has 0 spiro atoms. The van der Waals surface area contributed by atoms with Gasteiger partial charge >= 0.3 is 6.18 Å². The highest BCUT2D eigenvalue weighted by Crippen LogP contribution is 2.29. The smallest absolute Gasteiger partial charge is 0.348 e. The van der Waals surface area contributed by atoms with Crippen LogP contribution in [-0.2, 0) is 19.3 Å². The molecule has 4 rings (SSSR count). The monoisotopic (exact) mass is 557 g/mol. The van der Waals surface area contributed by atoms with Crippen LogP contribution in [0, 0.1) is 0 Å². The van der Waals surface area contributed by atoms with Crippen molar-refractivity contribution in [3.8, 4) is 0 Å². The average Bonchev–Trinajstić information content (AvgIpc) is 2.92. The minimum absolute atomic E-state index is 0.00238. The normalized spacial score (nSPS) is 11.2. The molecule has 1 aromatic heterocycles. The molecule has 0 aliphatic carbocycles. The number of hydrogen-bond acceptors (Lipinski definition) is 3. The van der Waals surface area contributed by atoms with E-state index in [1.165, 1.54) is 11.0 Å². The fraction of sp³-hybridized carbons (Fsp3) is 0.107. The molecule has 0 fully saturated rings. The van der Waals surface area contributed by atoms with Crippen molar-refractivity contribution < 1.29 is 22.8 Å². The Kier molecular flexibility index (Phi) is 8.34. The van der Waals surface area contributed by atoms with E-state index in [9.17, 15) is 22.8 Å². The van der Waals surface area contributed by atoms with Crippen LogP contribution in [0.2, 0.25) is 10.0 Å². The van der Waals surface area contributed by atoms with E-state index in [1.807, 2.05) is 6.07 Å². The minimum atomic E-state index is -4.53. The van der Waals surface area contributed by atoms with Crippen molar-refractivity contribution in [3.05, 3.63) is 129 Å². The van der Waals surface area contributed by atoms with E-state index in [4.69, 9.17) is 23.2 Å². The van der Waals surface area contributed by atoms with Crippen LogP contribution in [0.3, 0.4) is 0 Å². The van der Waals surface area contributed by atoms with Crippen LogP contribution in [0.25, 0.3) is 0 Å². The first-order valence-corrected chi connectivity index (χ1v) is 12.1. The number of anilines is 1. The third kappa shape index (κ3) is 6.51. The second-order valence-corrected chi connectivity index (χ2v) is 9.03. The third-order valence-corrected chi connectivity index (χ3v) is 6.49. The van der Waals surface area contributed by atoms with Gasteiger partial charge in [0.25, 0.3) is 11.8 Å². The molecule has 0 aliphatic rings. The predicted octanol–water partition coefficient (Wildman–Crippen LogP) is 7.18. The van der Waals surface area contributed by atoms with Crippen molar-refractivity contribution in [2.24, 2.45) is 0 Å². The molecule has 0 unspecified atom stereocenters. The van der Waals surface area contributed by atoms with Crippen LogP contribution in [0.4, 0.5) is 18.9 Å². The maximum Gasteiger partial charge on any atom is 0.433 e. The Morgan fingerprint density at radius 1 is 0.842 bits per heavy atom. The zero-order chi connectivity index (χ0) is 27.3. The Morgan fingerprint density at radius 3 is 2.18 bits per heavy atom. The molecule has 194 valence electrons. The quantitative estimate of drug-likeness (QED) is 0.261. The maximum absolute atomic E-state index is 13.4. The van der Waals surface area contributed by atoms with Crippen molar-refractivity contribution >= 4 is 40.7 Å². The van der Waals surface area contributed by atoms with Gasteiger partial charge in [-0.1, -0.05) is 59.6 Å². The summed E-state index contributed by atoms with van der Waals surface area (Å²) in [5, 5.41) is 3.36. The van der Waals surface area contributed by atoms with Crippen LogP contribution >= 0.6 is 23.2 Å². The molecule has 0 radical (unpaired) electrons. The molecule has 0 aliphatic heterocycles. The Hall–Kier alpha value is -3.88. The molecule has 1 N–H and O–H groups in total. The highest BCUT2D eigenvalue weighted by Gasteiger charge is 2.32. The molecule has 4 aromatic rings. The van der Waals surface area contributed by atoms with Gasteiger partial charge in [-0.2, -0.15) is 13.2 Å². The molecule has 2 amide bonds. The Balaban J connectivity index is 1.51. The van der Waals surface area contributed by atoms with E-state index in [-0.39, 0.29) is 19.0 Å². The van der Waals surface area contributed by atoms with Crippen LogP contribution in [0.5, 0.6) is 0 Å². The molecule has 1 heterocycles. The van der Waals surface area contributed by atoms with Gasteiger partial charge in [0.15, 0.2) is 0 Å². The summed E-state index contributed by atoms with van der Waals surface area (Å²) >= 11 is 12.5. The summed E-state index contributed by atoms with van der Waals surface area (Å²) in [5.41, 5.74) is 1.37. The first-order chi connectivity index (χ1) is 18.1. The Morgan fingerprint density at radius 2 is 1.55 bits per heavy atom. The number of carbonyl (C=O) groups is 2. The lowest BCUT2D eigenvalue weighted by atomic mass is 10.1. The van der Waals surface area contributed by atoms with E-state index in [0.29, 0.717) is 38.0 Å². The van der Waals surface area contributed by atoms with E-state index in [0.717, 1.165) is 12.3 Å². The van der Waals surface area contributed by atoms with Crippen molar-refractivity contribution in [2.45, 2.75) is 19.3 Å². The van der Waals surface area contributed by atoms with Crippen LogP contribution in [-0.4, -0.2) is 16.8 Å². The summed E-state index contributed by atoms with van der Waals surface area (Å²) in [5.74, 6) is -0.705. The minimum Gasteiger partial charge on any atom is -0.348 e. The predicted molar refractivity (Wildman–Crippen MR) is 140 cm³/mol. The van der Waals surface area contributed by atoms with Crippen molar-refractivity contribution in [3.63, 3.8) is 0 Å². The topological polar surface area (TPSA) is 62.3 Å². The van der Waals surface area contributed by atoms with Crippen molar-refractivity contribution in [1.29, 1.82) is 0 Å². The number of aromatic nitrogens is 1. The fourth-order valence-electron chi connectivity index (χ4n) is 3.63. The van der Waals surface area contributed by atoms with Gasteiger partial charge in [0.1, 0.15) is 5.69 Å². The van der Waals surface area contributed by atoms with E-state index in [2.05, 4.69) is 10.3 Å². The number of pyridine rings is 1. The van der Waals surface area contributed by atoms with Gasteiger partial charge in [0, 0.05) is 29.6 Å². The highest BCUT2D eigenvalue weighted by atomic mass is 35.5. The van der Waals surface area contributed by atoms with Gasteiger partial charge in [-0.25, -0.2) is 0 Å². The number of nitrogens with zero attached hydrogens (tertiary/aromatic N) is 2. The molecule has 0 bridgehead atoms. The van der Waals surface area contributed by atoms with Gasteiger partial charge in [0.05, 0.1) is 16.6 Å². The first kappa shape index (κ1) is 27.2. The van der Waals surface area contributed by atoms with E-state index in [1.54, 1.807) is 66.7 Å². The second-order valence-electron chi connectivity index (χ2n) is 8.25. The highest BCUT2D eigenvalue weighted by molar-refractivity contribution is 6.42. The standard InChI is InChI=1S/C28H20Cl2F3N3O2/c29-23-8-4-7-21(25(23)30)17-36(27(38)20-5-2-1-3-6-20)22-12-10-19(11-13-22)26(37)35-16-18-9-14-24(34-15-18)28(31,32)33/h1-15H,16-17H2,(H,35,37). The molecule has 0 saturated carbocycles. The second kappa shape index (κ2) is 11.7. The molecule has 0 atom stereocenters. The molecule has 0 saturated heterocycles. The van der Waals surface area contributed by atoms with Crippen LogP contribution in [0.15, 0.2) is 91.1 Å². The lowest BCUT2D eigenvalue weighted by Crippen LogP contribution is -2.30. The SMILES string of the molecule is O=C(NCc1ccc(C(F)(F)F)nc1)c1ccc(N(Cc2cccc(Cl)c2Cl)C(=O)c2ccccc2)cc1. The summed E-state index contributed by atoms with van der Waals surface area (Å²) in [4.78, 5) is 31.0. The van der Waals surface area contributed by atoms with Gasteiger partial charge in [0.2, 0.25) is 0 Å². The third-order valence-electron chi connectivity index (χ3n) is 5.64. The largest absolute Gasteiger partial charge is 0.433 e. The molecule has 38 heavy (non-hydrogen) atoms. The lowest BCUT2D eigenvalue weighted by Gasteiger charge is -2.24. The fourth-order valence-corrected chi connectivity index (χ4v) is 4.01. The number of rotatable bonds is 7. The van der Waals surface area contributed by atoms with Gasteiger partial charge in [-0.15, -0.1) is 0 Å². The number of hydrogen-bond donors (Lipinski definition) is 1. The van der Waals surface area contributed by atoms with Crippen LogP contribution in [0.1, 0.15) is 37.5 Å². The first-order valence-electron chi connectivity index (χ1n) is 11.3. The van der Waals surface area contributed by atoms with Crippen LogP contribution < -0.4 is 10.2 Å². The average molecular weight is 558 g/mol. The van der Waals surface area contributed by atoms with E-state index < -0.39 is 17.8 Å². The van der Waals surface area contributed by atoms with Gasteiger partial charge in [-0.05, 0) is 59.7 Å². The summed E-state index contributed by atoms with van der Waals surface area (Å²) < 4.78 is 38.0. The van der Waals surface area contributed by atoms with Crippen molar-refractivity contribution in [2.75, 3.05) is 4.90 Å². The molecule has 3 aromatic carbocycles. The summed E-state index contributed by atoms with van der Waals surface area (Å²) in [6, 6.07) is 22.4. The number of benzene rings is 3. The number of halogens is 5. The maximum atomic E-state index is 13.4. The van der Waals surface area contributed by atoms with E-state index >= 15 is 0 Å². The molecular weight excluding hydrogens is 538 g/mol. The summed E-state index contributed by atoms with van der Waals surface area (Å²) in [7, 11) is 0. The van der Waals surface area contributed by atoms with Gasteiger partial charge in [-0.3, -0.25) is 14.6 Å². The lowest BCUT2D eigenvalue weighted by molar-refractivity contribution is -0.141. The number of amides is 2. The van der Waals surface area contributed by atoms with Crippen molar-refractivity contribution in [1.82, 2.24) is 10.3 Å². The Labute approximate surface area is 226 Å². The summed E-state index contributed by atoms with van der Waals surface area (Å²) in [6.07, 6.45) is -3.46. The zero-order valence-corrected chi connectivity index (χ0v) is 21.2. The summed E-state index contributed by atoms with van der Waals surface area (Å²) in [6.45, 7) is 0.136. The number of alkyl halides is 3. The number of carbonyl (C=O) groups excluding carboxylic acids is 2. The molecule has 10 heteroatoms. The zero-order valence-electron chi connectivity index (χ0n) is 19.7. The molecule has 5 nitrogen and oxygen atoms in total. The number of nitrogens with one attached hydrogen (secondary N) is 1. The molecular formula is C28H20Cl2F3N3O2. The Bertz CT molecular complexity index is 1430. The van der Waals surface area contributed by atoms with Gasteiger partial charge < -0.3 is 10.2 Å².